The van der Waals surface area contributed by atoms with Crippen LogP contribution in [-0.4, -0.2) is 24.9 Å². The molecule has 5 nitrogen and oxygen atoms in total. The predicted molar refractivity (Wildman–Crippen MR) is 209 cm³/mol. The zero-order chi connectivity index (χ0) is 35.3. The van der Waals surface area contributed by atoms with E-state index >= 15 is 0 Å². The van der Waals surface area contributed by atoms with Gasteiger partial charge in [-0.15, -0.1) is 0 Å². The molecule has 250 valence electrons. The number of benzene rings is 6. The van der Waals surface area contributed by atoms with Crippen LogP contribution in [0, 0.1) is 0 Å². The largest absolute Gasteiger partial charge is 0.237 e. The molecule has 0 N–H and O–H groups in total. The molecule has 0 saturated heterocycles. The van der Waals surface area contributed by atoms with E-state index in [0.717, 1.165) is 28.1 Å². The van der Waals surface area contributed by atoms with E-state index in [2.05, 4.69) is 139 Å². The fourth-order valence-corrected chi connectivity index (χ4v) is 9.32. The number of nitrogens with zero attached hydrogens (tertiary/aromatic N) is 5. The van der Waals surface area contributed by atoms with Gasteiger partial charge in [0.05, 0.1) is 0 Å². The monoisotopic (exact) mass is 679 g/mol. The Hall–Kier alpha value is -6.59. The molecule has 2 bridgehead atoms. The normalized spacial score (nSPS) is 16.6. The lowest BCUT2D eigenvalue weighted by Crippen LogP contribution is -2.27. The van der Waals surface area contributed by atoms with Crippen molar-refractivity contribution in [1.82, 2.24) is 24.9 Å². The van der Waals surface area contributed by atoms with Crippen LogP contribution >= 0.6 is 0 Å². The van der Waals surface area contributed by atoms with Crippen molar-refractivity contribution >= 4 is 0 Å². The first kappa shape index (κ1) is 30.1. The van der Waals surface area contributed by atoms with E-state index in [0.29, 0.717) is 17.5 Å². The number of hydrogen-bond acceptors (Lipinski definition) is 5. The van der Waals surface area contributed by atoms with Crippen LogP contribution in [0.25, 0.3) is 56.7 Å². The minimum Gasteiger partial charge on any atom is -0.237 e. The van der Waals surface area contributed by atoms with Gasteiger partial charge < -0.3 is 0 Å². The Kier molecular flexibility index (Phi) is 6.36. The topological polar surface area (TPSA) is 64.5 Å². The Morgan fingerprint density at radius 2 is 0.925 bits per heavy atom. The minimum atomic E-state index is -0.208. The van der Waals surface area contributed by atoms with Gasteiger partial charge in [-0.2, -0.15) is 0 Å². The molecule has 53 heavy (non-hydrogen) atoms. The highest BCUT2D eigenvalue weighted by molar-refractivity contribution is 5.87. The number of hydrogen-bond donors (Lipinski definition) is 0. The molecule has 5 heteroatoms. The number of rotatable bonds is 4. The fraction of sp³-hybridized carbons (Fsp3) is 0.104. The average Bonchev–Trinajstić information content (AvgIpc) is 3.46. The van der Waals surface area contributed by atoms with Crippen LogP contribution in [0.1, 0.15) is 70.2 Å². The highest BCUT2D eigenvalue weighted by atomic mass is 15.0. The van der Waals surface area contributed by atoms with E-state index in [1.165, 1.54) is 55.6 Å². The second-order valence-corrected chi connectivity index (χ2v) is 14.8. The first-order valence-corrected chi connectivity index (χ1v) is 18.2. The van der Waals surface area contributed by atoms with Gasteiger partial charge in [0.1, 0.15) is 0 Å². The number of aromatic nitrogens is 5. The number of fused-ring (bicyclic) bond motifs is 3. The summed E-state index contributed by atoms with van der Waals surface area (Å²) in [4.78, 5) is 24.8. The molecule has 0 spiro atoms. The summed E-state index contributed by atoms with van der Waals surface area (Å²) >= 11 is 0. The van der Waals surface area contributed by atoms with Gasteiger partial charge in [0.25, 0.3) is 0 Å². The van der Waals surface area contributed by atoms with Crippen molar-refractivity contribution in [2.45, 2.75) is 31.1 Å². The molecule has 0 radical (unpaired) electrons. The standard InChI is InChI=1S/C48H33N5/c1-48(2)40-19-9-8-14-31(40)36-17-10-18-37(43(36)48)47-52-45(28-12-4-3-5-13-28)51-46(53-47)30-21-23-35-39(27-30)42-33-16-7-6-15-32(33)41(35)38-26-29(20-22-34(38)42)44-49-24-11-25-50-44/h3-27,41-42H,1-2H3. The van der Waals surface area contributed by atoms with Crippen molar-refractivity contribution in [3.8, 4) is 56.7 Å². The highest BCUT2D eigenvalue weighted by Crippen LogP contribution is 2.57. The third kappa shape index (κ3) is 4.40. The zero-order valence-corrected chi connectivity index (χ0v) is 29.3. The van der Waals surface area contributed by atoms with E-state index in [1.54, 1.807) is 12.4 Å². The molecule has 4 aliphatic rings. The molecule has 0 amide bonds. The van der Waals surface area contributed by atoms with Gasteiger partial charge in [0.15, 0.2) is 23.3 Å². The summed E-state index contributed by atoms with van der Waals surface area (Å²) in [5.74, 6) is 2.99. The first-order valence-electron chi connectivity index (χ1n) is 18.2. The molecule has 2 heterocycles. The van der Waals surface area contributed by atoms with Crippen LogP contribution < -0.4 is 0 Å². The fourth-order valence-electron chi connectivity index (χ4n) is 9.32. The van der Waals surface area contributed by atoms with E-state index in [9.17, 15) is 0 Å². The van der Waals surface area contributed by atoms with Crippen molar-refractivity contribution in [2.24, 2.45) is 0 Å². The molecular weight excluding hydrogens is 647 g/mol. The highest BCUT2D eigenvalue weighted by Gasteiger charge is 2.42. The molecule has 2 unspecified atom stereocenters. The third-order valence-corrected chi connectivity index (χ3v) is 11.6. The lowest BCUT2D eigenvalue weighted by atomic mass is 9.61. The maximum atomic E-state index is 5.31. The van der Waals surface area contributed by atoms with Crippen LogP contribution in [0.3, 0.4) is 0 Å². The molecule has 12 rings (SSSR count). The summed E-state index contributed by atoms with van der Waals surface area (Å²) in [5.41, 5.74) is 17.0. The molecule has 4 aliphatic carbocycles. The summed E-state index contributed by atoms with van der Waals surface area (Å²) in [5, 5.41) is 0. The molecule has 2 aromatic heterocycles. The van der Waals surface area contributed by atoms with Gasteiger partial charge in [-0.1, -0.05) is 135 Å². The smallest absolute Gasteiger partial charge is 0.164 e. The summed E-state index contributed by atoms with van der Waals surface area (Å²) in [6.07, 6.45) is 3.61. The first-order chi connectivity index (χ1) is 26.0. The van der Waals surface area contributed by atoms with Gasteiger partial charge in [0.2, 0.25) is 0 Å². The summed E-state index contributed by atoms with van der Waals surface area (Å²) in [6.45, 7) is 4.62. The van der Waals surface area contributed by atoms with Gasteiger partial charge in [-0.3, -0.25) is 0 Å². The average molecular weight is 680 g/mol. The Bertz CT molecular complexity index is 2770. The lowest BCUT2D eigenvalue weighted by Gasteiger charge is -2.42. The van der Waals surface area contributed by atoms with Crippen molar-refractivity contribution in [3.05, 3.63) is 196 Å². The van der Waals surface area contributed by atoms with E-state index in [4.69, 9.17) is 15.0 Å². The van der Waals surface area contributed by atoms with E-state index in [-0.39, 0.29) is 17.3 Å². The van der Waals surface area contributed by atoms with Crippen LogP contribution in [0.5, 0.6) is 0 Å². The summed E-state index contributed by atoms with van der Waals surface area (Å²) in [7, 11) is 0. The Balaban J connectivity index is 1.09. The second kappa shape index (κ2) is 11.2. The van der Waals surface area contributed by atoms with Crippen LogP contribution in [0.2, 0.25) is 0 Å². The van der Waals surface area contributed by atoms with Crippen LogP contribution in [0.15, 0.2) is 152 Å². The Labute approximate surface area is 308 Å². The summed E-state index contributed by atoms with van der Waals surface area (Å²) in [6, 6.07) is 49.9. The van der Waals surface area contributed by atoms with Gasteiger partial charge in [0, 0.05) is 51.9 Å². The molecule has 0 fully saturated rings. The van der Waals surface area contributed by atoms with Crippen molar-refractivity contribution < 1.29 is 0 Å². The van der Waals surface area contributed by atoms with Crippen LogP contribution in [0.4, 0.5) is 0 Å². The Morgan fingerprint density at radius 3 is 1.62 bits per heavy atom. The van der Waals surface area contributed by atoms with Crippen molar-refractivity contribution in [2.75, 3.05) is 0 Å². The molecule has 0 aliphatic heterocycles. The van der Waals surface area contributed by atoms with E-state index < -0.39 is 0 Å². The predicted octanol–water partition coefficient (Wildman–Crippen LogP) is 10.6. The van der Waals surface area contributed by atoms with Crippen LogP contribution in [-0.2, 0) is 5.41 Å². The van der Waals surface area contributed by atoms with Gasteiger partial charge >= 0.3 is 0 Å². The molecule has 8 aromatic rings. The summed E-state index contributed by atoms with van der Waals surface area (Å²) < 4.78 is 0. The Morgan fingerprint density at radius 1 is 0.396 bits per heavy atom. The minimum absolute atomic E-state index is 0.0958. The SMILES string of the molecule is CC1(C)c2ccccc2-c2cccc(-c3nc(-c4ccccc4)nc(-c4ccc5c(c4)C4c6ccccc6C5c5cc(-c6ncccn6)ccc54)n3)c21. The van der Waals surface area contributed by atoms with Gasteiger partial charge in [-0.05, 0) is 73.8 Å². The second-order valence-electron chi connectivity index (χ2n) is 14.8. The van der Waals surface area contributed by atoms with Crippen molar-refractivity contribution in [1.29, 1.82) is 0 Å². The maximum Gasteiger partial charge on any atom is 0.164 e. The zero-order valence-electron chi connectivity index (χ0n) is 29.3. The molecule has 0 saturated carbocycles. The third-order valence-electron chi connectivity index (χ3n) is 11.6. The van der Waals surface area contributed by atoms with Crippen molar-refractivity contribution in [3.63, 3.8) is 0 Å². The van der Waals surface area contributed by atoms with Gasteiger partial charge in [-0.25, -0.2) is 24.9 Å². The molecular formula is C48H33N5. The van der Waals surface area contributed by atoms with E-state index in [1.807, 2.05) is 24.3 Å². The molecule has 6 aromatic carbocycles. The molecule has 2 atom stereocenters. The lowest BCUT2D eigenvalue weighted by molar-refractivity contribution is 0.661. The quantitative estimate of drug-likeness (QED) is 0.185. The maximum absolute atomic E-state index is 5.31.